The number of hydrogen-bond donors (Lipinski definition) is 2. The predicted molar refractivity (Wildman–Crippen MR) is 128 cm³/mol. The van der Waals surface area contributed by atoms with Gasteiger partial charge in [-0.2, -0.15) is 13.2 Å². The quantitative estimate of drug-likeness (QED) is 0.354. The molecule has 4 aromatic rings. The Labute approximate surface area is 206 Å². The molecule has 4 rings (SSSR count). The number of halogens is 4. The molecule has 0 spiro atoms. The summed E-state index contributed by atoms with van der Waals surface area (Å²) in [7, 11) is 0. The van der Waals surface area contributed by atoms with Crippen LogP contribution in [0.15, 0.2) is 75.6 Å². The SMILES string of the molecule is O=c1[nH]cc(-c2cc(-c3cc(Cl)cc(OCCCC(F)(F)F)c3)c(=O)n(-c3cccnc3)c2)c(=O)[nH]1. The summed E-state index contributed by atoms with van der Waals surface area (Å²) in [6.45, 7) is -0.202. The Bertz CT molecular complexity index is 1560. The van der Waals surface area contributed by atoms with Crippen LogP contribution in [0.1, 0.15) is 12.8 Å². The van der Waals surface area contributed by atoms with Gasteiger partial charge in [-0.3, -0.25) is 24.1 Å². The summed E-state index contributed by atoms with van der Waals surface area (Å²) in [6.07, 6.45) is 0.122. The monoisotopic (exact) mass is 518 g/mol. The minimum atomic E-state index is -4.29. The molecule has 0 radical (unpaired) electrons. The Morgan fingerprint density at radius 1 is 1.06 bits per heavy atom. The van der Waals surface area contributed by atoms with Gasteiger partial charge in [0.05, 0.1) is 24.1 Å². The third-order valence-corrected chi connectivity index (χ3v) is 5.35. The van der Waals surface area contributed by atoms with Crippen LogP contribution in [0.2, 0.25) is 5.02 Å². The highest BCUT2D eigenvalue weighted by atomic mass is 35.5. The van der Waals surface area contributed by atoms with Crippen LogP contribution in [0.5, 0.6) is 5.75 Å². The Kier molecular flexibility index (Phi) is 7.11. The van der Waals surface area contributed by atoms with Crippen molar-refractivity contribution in [3.05, 3.63) is 97.4 Å². The fourth-order valence-electron chi connectivity index (χ4n) is 3.51. The van der Waals surface area contributed by atoms with E-state index in [1.807, 2.05) is 0 Å². The maximum absolute atomic E-state index is 13.5. The molecule has 36 heavy (non-hydrogen) atoms. The smallest absolute Gasteiger partial charge is 0.389 e. The minimum absolute atomic E-state index is 0.0964. The van der Waals surface area contributed by atoms with Gasteiger partial charge in [-0.15, -0.1) is 0 Å². The van der Waals surface area contributed by atoms with Gasteiger partial charge in [0, 0.05) is 41.2 Å². The number of hydrogen-bond acceptors (Lipinski definition) is 5. The first kappa shape index (κ1) is 25.0. The van der Waals surface area contributed by atoms with Gasteiger partial charge in [0.15, 0.2) is 0 Å². The Hall–Kier alpha value is -4.12. The zero-order chi connectivity index (χ0) is 25.9. The Morgan fingerprint density at radius 2 is 1.86 bits per heavy atom. The van der Waals surface area contributed by atoms with E-state index in [1.165, 1.54) is 53.6 Å². The third kappa shape index (κ3) is 5.92. The fraction of sp³-hybridized carbons (Fsp3) is 0.167. The summed E-state index contributed by atoms with van der Waals surface area (Å²) >= 11 is 6.22. The third-order valence-electron chi connectivity index (χ3n) is 5.13. The van der Waals surface area contributed by atoms with E-state index < -0.39 is 29.4 Å². The summed E-state index contributed by atoms with van der Waals surface area (Å²) in [5.41, 5.74) is -0.566. The van der Waals surface area contributed by atoms with Crippen LogP contribution in [0.25, 0.3) is 27.9 Å². The number of nitrogens with one attached hydrogen (secondary N) is 2. The summed E-state index contributed by atoms with van der Waals surface area (Å²) in [4.78, 5) is 46.0. The van der Waals surface area contributed by atoms with Gasteiger partial charge < -0.3 is 9.72 Å². The highest BCUT2D eigenvalue weighted by Crippen LogP contribution is 2.30. The molecular weight excluding hydrogens is 501 g/mol. The van der Waals surface area contributed by atoms with Crippen molar-refractivity contribution in [2.45, 2.75) is 19.0 Å². The van der Waals surface area contributed by atoms with E-state index in [1.54, 1.807) is 12.1 Å². The molecule has 3 aromatic heterocycles. The molecule has 0 unspecified atom stereocenters. The van der Waals surface area contributed by atoms with E-state index in [4.69, 9.17) is 16.3 Å². The van der Waals surface area contributed by atoms with Crippen LogP contribution in [-0.4, -0.2) is 32.3 Å². The maximum Gasteiger partial charge on any atom is 0.389 e. The number of nitrogens with zero attached hydrogens (tertiary/aromatic N) is 2. The lowest BCUT2D eigenvalue weighted by atomic mass is 10.0. The molecular formula is C24H18ClF3N4O4. The number of H-pyrrole nitrogens is 2. The Balaban J connectivity index is 1.82. The van der Waals surface area contributed by atoms with Crippen molar-refractivity contribution in [3.8, 4) is 33.7 Å². The number of rotatable bonds is 7. The van der Waals surface area contributed by atoms with Crippen molar-refractivity contribution < 1.29 is 17.9 Å². The first-order chi connectivity index (χ1) is 17.1. The van der Waals surface area contributed by atoms with E-state index in [2.05, 4.69) is 15.0 Å². The molecule has 8 nitrogen and oxygen atoms in total. The molecule has 1 aromatic carbocycles. The number of aromatic amines is 2. The van der Waals surface area contributed by atoms with Crippen molar-refractivity contribution in [3.63, 3.8) is 0 Å². The topological polar surface area (TPSA) is 110 Å². The van der Waals surface area contributed by atoms with Crippen LogP contribution in [0, 0.1) is 0 Å². The molecule has 0 saturated carbocycles. The van der Waals surface area contributed by atoms with Crippen LogP contribution < -0.4 is 21.5 Å². The zero-order valence-corrected chi connectivity index (χ0v) is 19.2. The van der Waals surface area contributed by atoms with Crippen LogP contribution in [0.3, 0.4) is 0 Å². The largest absolute Gasteiger partial charge is 0.494 e. The molecule has 0 saturated heterocycles. The number of ether oxygens (including phenoxy) is 1. The summed E-state index contributed by atoms with van der Waals surface area (Å²) in [5.74, 6) is 0.180. The molecule has 186 valence electrons. The van der Waals surface area contributed by atoms with Gasteiger partial charge in [0.2, 0.25) is 0 Å². The fourth-order valence-corrected chi connectivity index (χ4v) is 3.74. The highest BCUT2D eigenvalue weighted by molar-refractivity contribution is 6.31. The second-order valence-electron chi connectivity index (χ2n) is 7.76. The lowest BCUT2D eigenvalue weighted by Gasteiger charge is -2.13. The van der Waals surface area contributed by atoms with Crippen LogP contribution in [0.4, 0.5) is 13.2 Å². The van der Waals surface area contributed by atoms with Crippen molar-refractivity contribution in [1.82, 2.24) is 19.5 Å². The molecule has 0 amide bonds. The van der Waals surface area contributed by atoms with Crippen molar-refractivity contribution >= 4 is 11.6 Å². The van der Waals surface area contributed by atoms with Crippen molar-refractivity contribution in [1.29, 1.82) is 0 Å². The van der Waals surface area contributed by atoms with E-state index in [-0.39, 0.29) is 34.9 Å². The molecule has 0 aliphatic heterocycles. The van der Waals surface area contributed by atoms with E-state index in [9.17, 15) is 27.6 Å². The van der Waals surface area contributed by atoms with Crippen molar-refractivity contribution in [2.24, 2.45) is 0 Å². The molecule has 0 aliphatic rings. The van der Waals surface area contributed by atoms with Gasteiger partial charge >= 0.3 is 11.9 Å². The number of pyridine rings is 2. The molecule has 0 atom stereocenters. The predicted octanol–water partition coefficient (Wildman–Crippen LogP) is 4.32. The standard InChI is InChI=1S/C24H18ClF3N4O4/c25-16-7-14(8-18(10-16)36-6-2-4-24(26,27)28)19-9-15(20-12-30-23(35)31-21(20)33)13-32(22(19)34)17-3-1-5-29-11-17/h1,3,5,7-13H,2,4,6H2,(H2,30,31,33,35). The number of alkyl halides is 3. The normalized spacial score (nSPS) is 11.4. The lowest BCUT2D eigenvalue weighted by molar-refractivity contribution is -0.136. The van der Waals surface area contributed by atoms with Gasteiger partial charge in [-0.05, 0) is 48.4 Å². The van der Waals surface area contributed by atoms with E-state index in [0.29, 0.717) is 16.8 Å². The van der Waals surface area contributed by atoms with Gasteiger partial charge in [-0.25, -0.2) is 4.79 Å². The molecule has 0 aliphatic carbocycles. The average molecular weight is 519 g/mol. The first-order valence-corrected chi connectivity index (χ1v) is 11.0. The zero-order valence-electron chi connectivity index (χ0n) is 18.4. The first-order valence-electron chi connectivity index (χ1n) is 10.6. The number of benzene rings is 1. The van der Waals surface area contributed by atoms with Crippen LogP contribution in [-0.2, 0) is 0 Å². The summed E-state index contributed by atoms with van der Waals surface area (Å²) < 4.78 is 44.0. The molecule has 0 fully saturated rings. The number of aromatic nitrogens is 4. The van der Waals surface area contributed by atoms with Crippen molar-refractivity contribution in [2.75, 3.05) is 6.61 Å². The van der Waals surface area contributed by atoms with Crippen LogP contribution >= 0.6 is 11.6 Å². The maximum atomic E-state index is 13.5. The van der Waals surface area contributed by atoms with E-state index >= 15 is 0 Å². The molecule has 2 N–H and O–H groups in total. The Morgan fingerprint density at radius 3 is 2.56 bits per heavy atom. The molecule has 0 bridgehead atoms. The van der Waals surface area contributed by atoms with Gasteiger partial charge in [0.25, 0.3) is 11.1 Å². The van der Waals surface area contributed by atoms with E-state index in [0.717, 1.165) is 0 Å². The average Bonchev–Trinajstić information content (AvgIpc) is 2.82. The summed E-state index contributed by atoms with van der Waals surface area (Å²) in [5, 5.41) is 0.193. The second kappa shape index (κ2) is 10.2. The van der Waals surface area contributed by atoms with Gasteiger partial charge in [0.1, 0.15) is 5.75 Å². The lowest BCUT2D eigenvalue weighted by Crippen LogP contribution is -2.24. The second-order valence-corrected chi connectivity index (χ2v) is 8.19. The summed E-state index contributed by atoms with van der Waals surface area (Å²) in [6, 6.07) is 9.13. The molecule has 12 heteroatoms. The van der Waals surface area contributed by atoms with Gasteiger partial charge in [-0.1, -0.05) is 11.6 Å². The highest BCUT2D eigenvalue weighted by Gasteiger charge is 2.26. The minimum Gasteiger partial charge on any atom is -0.494 e. The molecule has 3 heterocycles.